The zero-order chi connectivity index (χ0) is 15.2. The maximum absolute atomic E-state index is 10.5. The van der Waals surface area contributed by atoms with Crippen molar-refractivity contribution in [3.8, 4) is 0 Å². The smallest absolute Gasteiger partial charge is 0.328 e. The van der Waals surface area contributed by atoms with Crippen LogP contribution in [0.2, 0.25) is 0 Å². The molecular formula is C16H22N2O3. The number of nitrogens with zero attached hydrogens (tertiary/aromatic N) is 2. The maximum atomic E-state index is 10.5. The van der Waals surface area contributed by atoms with Gasteiger partial charge in [0, 0.05) is 39.1 Å². The second-order valence-electron chi connectivity index (χ2n) is 5.47. The van der Waals surface area contributed by atoms with Gasteiger partial charge in [0.25, 0.3) is 0 Å². The zero-order valence-corrected chi connectivity index (χ0v) is 12.6. The minimum absolute atomic E-state index is 0.643. The van der Waals surface area contributed by atoms with Gasteiger partial charge in [-0.1, -0.05) is 0 Å². The van der Waals surface area contributed by atoms with Crippen molar-refractivity contribution >= 4 is 17.9 Å². The zero-order valence-electron chi connectivity index (χ0n) is 12.6. The number of aromatic nitrogens is 1. The lowest BCUT2D eigenvalue weighted by atomic mass is 9.97. The van der Waals surface area contributed by atoms with Gasteiger partial charge in [0.1, 0.15) is 5.82 Å². The molecule has 1 aromatic heterocycles. The summed E-state index contributed by atoms with van der Waals surface area (Å²) in [6.45, 7) is 4.83. The number of hydrogen-bond acceptors (Lipinski definition) is 4. The Kier molecular flexibility index (Phi) is 5.33. The van der Waals surface area contributed by atoms with Crippen LogP contribution in [0.25, 0.3) is 6.08 Å². The maximum Gasteiger partial charge on any atom is 0.328 e. The third kappa shape index (κ3) is 4.29. The summed E-state index contributed by atoms with van der Waals surface area (Å²) in [5, 5.41) is 8.65. The number of aryl methyl sites for hydroxylation is 1. The monoisotopic (exact) mass is 290 g/mol. The first-order valence-corrected chi connectivity index (χ1v) is 7.21. The number of piperidine rings is 1. The molecule has 0 aromatic carbocycles. The van der Waals surface area contributed by atoms with Gasteiger partial charge in [0.15, 0.2) is 0 Å². The molecule has 21 heavy (non-hydrogen) atoms. The van der Waals surface area contributed by atoms with Gasteiger partial charge in [-0.15, -0.1) is 0 Å². The third-order valence-electron chi connectivity index (χ3n) is 3.81. The fraction of sp³-hybridized carbons (Fsp3) is 0.500. The fourth-order valence-electron chi connectivity index (χ4n) is 2.73. The van der Waals surface area contributed by atoms with Gasteiger partial charge >= 0.3 is 5.97 Å². The van der Waals surface area contributed by atoms with E-state index in [1.807, 2.05) is 13.0 Å². The van der Waals surface area contributed by atoms with E-state index in [1.54, 1.807) is 19.4 Å². The van der Waals surface area contributed by atoms with Crippen LogP contribution in [0.4, 0.5) is 5.82 Å². The Hall–Kier alpha value is -1.88. The molecule has 2 heterocycles. The lowest BCUT2D eigenvalue weighted by molar-refractivity contribution is -0.131. The molecule has 0 amide bonds. The van der Waals surface area contributed by atoms with E-state index in [0.29, 0.717) is 5.92 Å². The lowest BCUT2D eigenvalue weighted by Gasteiger charge is -2.33. The Morgan fingerprint density at radius 1 is 1.52 bits per heavy atom. The fourth-order valence-corrected chi connectivity index (χ4v) is 2.73. The van der Waals surface area contributed by atoms with Gasteiger partial charge in [-0.2, -0.15) is 0 Å². The Morgan fingerprint density at radius 2 is 2.24 bits per heavy atom. The molecule has 0 spiro atoms. The molecule has 5 heteroatoms. The molecule has 0 atom stereocenters. The Balaban J connectivity index is 2.03. The molecule has 0 radical (unpaired) electrons. The topological polar surface area (TPSA) is 62.7 Å². The minimum atomic E-state index is -0.947. The Morgan fingerprint density at radius 3 is 2.81 bits per heavy atom. The van der Waals surface area contributed by atoms with Crippen molar-refractivity contribution in [2.24, 2.45) is 5.92 Å². The van der Waals surface area contributed by atoms with Gasteiger partial charge in [0.05, 0.1) is 0 Å². The van der Waals surface area contributed by atoms with Crippen LogP contribution in [-0.4, -0.2) is 42.9 Å². The van der Waals surface area contributed by atoms with Gasteiger partial charge in [-0.3, -0.25) is 0 Å². The molecule has 1 aromatic rings. The number of rotatable bonds is 5. The number of pyridine rings is 1. The van der Waals surface area contributed by atoms with E-state index in [1.165, 1.54) is 0 Å². The average Bonchev–Trinajstić information content (AvgIpc) is 2.47. The predicted molar refractivity (Wildman–Crippen MR) is 82.5 cm³/mol. The van der Waals surface area contributed by atoms with E-state index >= 15 is 0 Å². The van der Waals surface area contributed by atoms with Crippen molar-refractivity contribution in [1.82, 2.24) is 4.98 Å². The molecule has 5 nitrogen and oxygen atoms in total. The number of methoxy groups -OCH3 is 1. The summed E-state index contributed by atoms with van der Waals surface area (Å²) in [6, 6.07) is 1.98. The van der Waals surface area contributed by atoms with E-state index in [4.69, 9.17) is 9.84 Å². The number of carboxylic acids is 1. The number of carbonyl (C=O) groups is 1. The predicted octanol–water partition coefficient (Wildman–Crippen LogP) is 2.35. The molecular weight excluding hydrogens is 268 g/mol. The number of hydrogen-bond donors (Lipinski definition) is 1. The summed E-state index contributed by atoms with van der Waals surface area (Å²) in [4.78, 5) is 17.3. The number of anilines is 1. The van der Waals surface area contributed by atoms with Gasteiger partial charge in [0.2, 0.25) is 0 Å². The van der Waals surface area contributed by atoms with Crippen LogP contribution in [0.3, 0.4) is 0 Å². The Labute approximate surface area is 125 Å². The molecule has 0 saturated carbocycles. The molecule has 1 aliphatic rings. The van der Waals surface area contributed by atoms with Crippen LogP contribution in [0.1, 0.15) is 24.0 Å². The quantitative estimate of drug-likeness (QED) is 0.843. The summed E-state index contributed by atoms with van der Waals surface area (Å²) in [7, 11) is 1.75. The summed E-state index contributed by atoms with van der Waals surface area (Å²) in [6.07, 6.45) is 6.66. The summed E-state index contributed by atoms with van der Waals surface area (Å²) < 4.78 is 5.22. The van der Waals surface area contributed by atoms with Gasteiger partial charge in [-0.05, 0) is 49.0 Å². The largest absolute Gasteiger partial charge is 0.478 e. The van der Waals surface area contributed by atoms with E-state index in [0.717, 1.165) is 55.6 Å². The van der Waals surface area contributed by atoms with Crippen molar-refractivity contribution in [2.45, 2.75) is 19.8 Å². The van der Waals surface area contributed by atoms with Crippen molar-refractivity contribution in [2.75, 3.05) is 31.7 Å². The molecule has 0 aliphatic carbocycles. The molecule has 114 valence electrons. The van der Waals surface area contributed by atoms with E-state index < -0.39 is 5.97 Å². The molecule has 0 unspecified atom stereocenters. The van der Waals surface area contributed by atoms with Crippen LogP contribution >= 0.6 is 0 Å². The summed E-state index contributed by atoms with van der Waals surface area (Å²) in [5.41, 5.74) is 1.89. The minimum Gasteiger partial charge on any atom is -0.478 e. The lowest BCUT2D eigenvalue weighted by Crippen LogP contribution is -2.35. The highest BCUT2D eigenvalue weighted by Crippen LogP contribution is 2.25. The highest BCUT2D eigenvalue weighted by molar-refractivity contribution is 5.85. The van der Waals surface area contributed by atoms with Crippen molar-refractivity contribution in [3.05, 3.63) is 29.5 Å². The summed E-state index contributed by atoms with van der Waals surface area (Å²) >= 11 is 0. The SMILES string of the molecule is COCC1CCN(c2ncc(/C=C/C(=O)O)cc2C)CC1. The van der Waals surface area contributed by atoms with Crippen molar-refractivity contribution < 1.29 is 14.6 Å². The normalized spacial score (nSPS) is 16.6. The van der Waals surface area contributed by atoms with Gasteiger partial charge < -0.3 is 14.7 Å². The first kappa shape index (κ1) is 15.5. The van der Waals surface area contributed by atoms with Gasteiger partial charge in [-0.25, -0.2) is 9.78 Å². The molecule has 0 bridgehead atoms. The van der Waals surface area contributed by atoms with E-state index in [2.05, 4.69) is 9.88 Å². The van der Waals surface area contributed by atoms with Crippen LogP contribution in [0.15, 0.2) is 18.3 Å². The first-order valence-electron chi connectivity index (χ1n) is 7.21. The van der Waals surface area contributed by atoms with Crippen LogP contribution < -0.4 is 4.90 Å². The molecule has 1 fully saturated rings. The summed E-state index contributed by atoms with van der Waals surface area (Å²) in [5.74, 6) is 0.694. The molecule has 1 aliphatic heterocycles. The van der Waals surface area contributed by atoms with E-state index in [-0.39, 0.29) is 0 Å². The average molecular weight is 290 g/mol. The van der Waals surface area contributed by atoms with E-state index in [9.17, 15) is 4.79 Å². The highest BCUT2D eigenvalue weighted by atomic mass is 16.5. The molecule has 2 rings (SSSR count). The second-order valence-corrected chi connectivity index (χ2v) is 5.47. The van der Waals surface area contributed by atoms with Crippen molar-refractivity contribution in [1.29, 1.82) is 0 Å². The van der Waals surface area contributed by atoms with Crippen LogP contribution in [0.5, 0.6) is 0 Å². The van der Waals surface area contributed by atoms with Crippen molar-refractivity contribution in [3.63, 3.8) is 0 Å². The van der Waals surface area contributed by atoms with Crippen LogP contribution in [-0.2, 0) is 9.53 Å². The van der Waals surface area contributed by atoms with Crippen LogP contribution in [0, 0.1) is 12.8 Å². The molecule has 1 saturated heterocycles. The number of carboxylic acid groups (broad SMARTS) is 1. The standard InChI is InChI=1S/C16H22N2O3/c1-12-9-14(3-4-15(19)20)10-17-16(12)18-7-5-13(6-8-18)11-21-2/h3-4,9-10,13H,5-8,11H2,1-2H3,(H,19,20)/b4-3+. The highest BCUT2D eigenvalue weighted by Gasteiger charge is 2.21. The Bertz CT molecular complexity index is 520. The molecule has 1 N–H and O–H groups in total. The first-order chi connectivity index (χ1) is 10.1. The number of ether oxygens (including phenoxy) is 1. The second kappa shape index (κ2) is 7.22. The third-order valence-corrected chi connectivity index (χ3v) is 3.81. The number of aliphatic carboxylic acids is 1.